The van der Waals surface area contributed by atoms with Crippen LogP contribution in [0.25, 0.3) is 0 Å². The van der Waals surface area contributed by atoms with Crippen LogP contribution >= 0.6 is 0 Å². The molecule has 0 bridgehead atoms. The van der Waals surface area contributed by atoms with Crippen LogP contribution in [0.15, 0.2) is 24.3 Å². The molecule has 5 nitrogen and oxygen atoms in total. The summed E-state index contributed by atoms with van der Waals surface area (Å²) < 4.78 is 4.91. The highest BCUT2D eigenvalue weighted by molar-refractivity contribution is 5.95. The molecule has 1 aromatic carbocycles. The lowest BCUT2D eigenvalue weighted by Crippen LogP contribution is -2.26. The summed E-state index contributed by atoms with van der Waals surface area (Å²) in [6, 6.07) is 6.98. The van der Waals surface area contributed by atoms with Gasteiger partial charge in [0.25, 0.3) is 5.91 Å². The number of carbonyl (C=O) groups excluding carboxylic acids is 2. The Bertz CT molecular complexity index is 558. The van der Waals surface area contributed by atoms with E-state index in [2.05, 4.69) is 17.6 Å². The normalized spacial score (nSPS) is 10.7. The molecule has 0 aromatic heterocycles. The largest absolute Gasteiger partial charge is 0.383 e. The number of unbranched alkanes of at least 4 members (excludes halogenated alkanes) is 10. The Balaban J connectivity index is 2.07. The Morgan fingerprint density at radius 3 is 1.93 bits per heavy atom. The smallest absolute Gasteiger partial charge is 0.251 e. The Morgan fingerprint density at radius 1 is 0.828 bits per heavy atom. The predicted molar refractivity (Wildman–Crippen MR) is 120 cm³/mol. The molecule has 164 valence electrons. The van der Waals surface area contributed by atoms with Crippen LogP contribution in [0.5, 0.6) is 0 Å². The third-order valence-electron chi connectivity index (χ3n) is 5.03. The number of rotatable bonds is 17. The molecule has 0 fully saturated rings. The van der Waals surface area contributed by atoms with E-state index in [1.807, 2.05) is 0 Å². The van der Waals surface area contributed by atoms with Crippen LogP contribution in [0.3, 0.4) is 0 Å². The molecule has 2 amide bonds. The van der Waals surface area contributed by atoms with Crippen LogP contribution in [0.2, 0.25) is 0 Å². The first-order chi connectivity index (χ1) is 14.2. The number of hydrogen-bond donors (Lipinski definition) is 2. The van der Waals surface area contributed by atoms with Crippen LogP contribution in [-0.4, -0.2) is 32.1 Å². The average Bonchev–Trinajstić information content (AvgIpc) is 2.72. The summed E-state index contributed by atoms with van der Waals surface area (Å²) in [5.74, 6) is -0.0980. The van der Waals surface area contributed by atoms with Gasteiger partial charge in [-0.2, -0.15) is 0 Å². The second-order valence-electron chi connectivity index (χ2n) is 7.66. The average molecular weight is 405 g/mol. The van der Waals surface area contributed by atoms with Gasteiger partial charge in [-0.1, -0.05) is 71.1 Å². The molecule has 0 aliphatic carbocycles. The van der Waals surface area contributed by atoms with E-state index in [9.17, 15) is 9.59 Å². The van der Waals surface area contributed by atoms with E-state index in [1.165, 1.54) is 57.8 Å². The summed E-state index contributed by atoms with van der Waals surface area (Å²) in [7, 11) is 1.60. The maximum absolute atomic E-state index is 12.1. The van der Waals surface area contributed by atoms with Crippen molar-refractivity contribution in [3.63, 3.8) is 0 Å². The number of anilines is 1. The van der Waals surface area contributed by atoms with Crippen molar-refractivity contribution >= 4 is 17.5 Å². The van der Waals surface area contributed by atoms with Crippen molar-refractivity contribution in [2.75, 3.05) is 25.6 Å². The van der Waals surface area contributed by atoms with Crippen molar-refractivity contribution in [1.82, 2.24) is 5.32 Å². The fraction of sp³-hybridized carbons (Fsp3) is 0.667. The molecule has 0 aliphatic rings. The summed E-state index contributed by atoms with van der Waals surface area (Å²) in [5.41, 5.74) is 1.30. The molecular formula is C24H40N2O3. The minimum absolute atomic E-state index is 0.0400. The van der Waals surface area contributed by atoms with E-state index in [1.54, 1.807) is 31.4 Å². The fourth-order valence-electron chi connectivity index (χ4n) is 3.25. The summed E-state index contributed by atoms with van der Waals surface area (Å²) in [5, 5.41) is 5.68. The van der Waals surface area contributed by atoms with Gasteiger partial charge in [-0.15, -0.1) is 0 Å². The van der Waals surface area contributed by atoms with E-state index in [0.717, 1.165) is 18.5 Å². The lowest BCUT2D eigenvalue weighted by Gasteiger charge is -2.07. The van der Waals surface area contributed by atoms with Gasteiger partial charge < -0.3 is 15.4 Å². The number of ether oxygens (including phenoxy) is 1. The summed E-state index contributed by atoms with van der Waals surface area (Å²) >= 11 is 0. The van der Waals surface area contributed by atoms with Gasteiger partial charge in [0.05, 0.1) is 6.61 Å². The van der Waals surface area contributed by atoms with Gasteiger partial charge in [0.1, 0.15) is 0 Å². The van der Waals surface area contributed by atoms with Gasteiger partial charge in [-0.25, -0.2) is 0 Å². The van der Waals surface area contributed by atoms with Gasteiger partial charge in [-0.3, -0.25) is 9.59 Å². The quantitative estimate of drug-likeness (QED) is 0.327. The third-order valence-corrected chi connectivity index (χ3v) is 5.03. The molecule has 1 aromatic rings. The summed E-state index contributed by atoms with van der Waals surface area (Å²) in [6.07, 6.45) is 14.6. The maximum atomic E-state index is 12.1. The Morgan fingerprint density at radius 2 is 1.38 bits per heavy atom. The lowest BCUT2D eigenvalue weighted by atomic mass is 10.1. The summed E-state index contributed by atoms with van der Waals surface area (Å²) in [6.45, 7) is 3.22. The van der Waals surface area contributed by atoms with Crippen molar-refractivity contribution in [3.8, 4) is 0 Å². The molecule has 0 unspecified atom stereocenters. The molecule has 0 radical (unpaired) electrons. The zero-order valence-corrected chi connectivity index (χ0v) is 18.4. The van der Waals surface area contributed by atoms with Crippen molar-refractivity contribution in [2.24, 2.45) is 0 Å². The van der Waals surface area contributed by atoms with Gasteiger partial charge in [0.15, 0.2) is 0 Å². The lowest BCUT2D eigenvalue weighted by molar-refractivity contribution is -0.116. The molecule has 1 rings (SSSR count). The topological polar surface area (TPSA) is 67.4 Å². The van der Waals surface area contributed by atoms with Crippen molar-refractivity contribution in [1.29, 1.82) is 0 Å². The Kier molecular flexibility index (Phi) is 14.8. The van der Waals surface area contributed by atoms with E-state index >= 15 is 0 Å². The van der Waals surface area contributed by atoms with Gasteiger partial charge >= 0.3 is 0 Å². The van der Waals surface area contributed by atoms with Crippen LogP contribution < -0.4 is 10.6 Å². The van der Waals surface area contributed by atoms with E-state index in [0.29, 0.717) is 25.1 Å². The molecule has 0 saturated heterocycles. The van der Waals surface area contributed by atoms with E-state index < -0.39 is 0 Å². The summed E-state index contributed by atoms with van der Waals surface area (Å²) in [4.78, 5) is 24.0. The van der Waals surface area contributed by atoms with Gasteiger partial charge in [0.2, 0.25) is 5.91 Å². The molecule has 2 N–H and O–H groups in total. The second-order valence-corrected chi connectivity index (χ2v) is 7.66. The molecule has 29 heavy (non-hydrogen) atoms. The zero-order chi connectivity index (χ0) is 21.2. The first-order valence-corrected chi connectivity index (χ1v) is 11.3. The Labute approximate surface area is 177 Å². The second kappa shape index (κ2) is 17.0. The van der Waals surface area contributed by atoms with Crippen LogP contribution in [0, 0.1) is 0 Å². The van der Waals surface area contributed by atoms with E-state index in [4.69, 9.17) is 4.74 Å². The van der Waals surface area contributed by atoms with Crippen molar-refractivity contribution in [3.05, 3.63) is 29.8 Å². The molecule has 5 heteroatoms. The minimum Gasteiger partial charge on any atom is -0.383 e. The number of methoxy groups -OCH3 is 1. The highest BCUT2D eigenvalue weighted by Gasteiger charge is 2.06. The fourth-order valence-corrected chi connectivity index (χ4v) is 3.25. The molecule has 0 heterocycles. The van der Waals surface area contributed by atoms with Gasteiger partial charge in [0, 0.05) is 31.3 Å². The Hall–Kier alpha value is -1.88. The zero-order valence-electron chi connectivity index (χ0n) is 18.4. The number of hydrogen-bond acceptors (Lipinski definition) is 3. The van der Waals surface area contributed by atoms with Crippen LogP contribution in [-0.2, 0) is 9.53 Å². The van der Waals surface area contributed by atoms with Crippen molar-refractivity contribution < 1.29 is 14.3 Å². The third kappa shape index (κ3) is 13.1. The van der Waals surface area contributed by atoms with Crippen LogP contribution in [0.1, 0.15) is 94.3 Å². The predicted octanol–water partition coefficient (Wildman–Crippen LogP) is 5.70. The number of nitrogens with one attached hydrogen (secondary N) is 2. The number of carbonyl (C=O) groups is 2. The minimum atomic E-state index is -0.138. The molecule has 0 spiro atoms. The molecule has 0 saturated carbocycles. The monoisotopic (exact) mass is 404 g/mol. The number of benzene rings is 1. The number of amides is 2. The molecule has 0 atom stereocenters. The van der Waals surface area contributed by atoms with Crippen molar-refractivity contribution in [2.45, 2.75) is 84.0 Å². The van der Waals surface area contributed by atoms with Gasteiger partial charge in [-0.05, 0) is 30.7 Å². The SMILES string of the molecule is CCCCCCCCCCCCCC(=O)Nc1ccc(C(=O)NCCOC)cc1. The highest BCUT2D eigenvalue weighted by atomic mass is 16.5. The first-order valence-electron chi connectivity index (χ1n) is 11.3. The maximum Gasteiger partial charge on any atom is 0.251 e. The highest BCUT2D eigenvalue weighted by Crippen LogP contribution is 2.13. The first kappa shape index (κ1) is 25.2. The standard InChI is InChI=1S/C24H40N2O3/c1-3-4-5-6-7-8-9-10-11-12-13-14-23(27)26-22-17-15-21(16-18-22)24(28)25-19-20-29-2/h15-18H,3-14,19-20H2,1-2H3,(H,25,28)(H,26,27). The van der Waals surface area contributed by atoms with E-state index in [-0.39, 0.29) is 11.8 Å². The molecule has 0 aliphatic heterocycles. The van der Waals surface area contributed by atoms with Crippen LogP contribution in [0.4, 0.5) is 5.69 Å². The molecular weight excluding hydrogens is 364 g/mol.